The van der Waals surface area contributed by atoms with Crippen LogP contribution in [-0.4, -0.2) is 84.1 Å². The van der Waals surface area contributed by atoms with E-state index in [1.54, 1.807) is 0 Å². The molecule has 5 rings (SSSR count). The number of piperidine rings is 1. The first-order valence-corrected chi connectivity index (χ1v) is 10.1. The Morgan fingerprint density at radius 3 is 2.65 bits per heavy atom. The van der Waals surface area contributed by atoms with Gasteiger partial charge in [-0.2, -0.15) is 4.98 Å². The predicted octanol–water partition coefficient (Wildman–Crippen LogP) is 0.737. The summed E-state index contributed by atoms with van der Waals surface area (Å²) in [5.41, 5.74) is 0. The van der Waals surface area contributed by atoms with Gasteiger partial charge in [-0.25, -0.2) is 4.98 Å². The zero-order valence-corrected chi connectivity index (χ0v) is 15.3. The highest BCUT2D eigenvalue weighted by Crippen LogP contribution is 2.38. The van der Waals surface area contributed by atoms with Crippen LogP contribution in [0, 0.1) is 5.92 Å². The second-order valence-electron chi connectivity index (χ2n) is 8.21. The fourth-order valence-electron chi connectivity index (χ4n) is 4.71. The third-order valence-corrected chi connectivity index (χ3v) is 6.42. The Morgan fingerprint density at radius 1 is 1.00 bits per heavy atom. The van der Waals surface area contributed by atoms with Gasteiger partial charge in [0.15, 0.2) is 0 Å². The lowest BCUT2D eigenvalue weighted by Crippen LogP contribution is -2.62. The molecule has 1 saturated carbocycles. The summed E-state index contributed by atoms with van der Waals surface area (Å²) in [4.78, 5) is 16.7. The summed E-state index contributed by atoms with van der Waals surface area (Å²) >= 11 is 0. The van der Waals surface area contributed by atoms with Crippen molar-refractivity contribution in [2.45, 2.75) is 43.9 Å². The standard InChI is InChI=1S/C19H29N5O2/c25-16-4-7-22(8-5-16)18-3-6-20-19(21-18)23-9-10-24-15(11-23)12-26-13-17(24)14-1-2-14/h3,6,14-17,25H,1-2,4-5,7-13H2/t15-,17-/m1/s1. The quantitative estimate of drug-likeness (QED) is 0.854. The van der Waals surface area contributed by atoms with Gasteiger partial charge in [-0.15, -0.1) is 0 Å². The molecule has 0 amide bonds. The molecule has 0 bridgehead atoms. The molecule has 0 radical (unpaired) electrons. The van der Waals surface area contributed by atoms with Crippen LogP contribution in [0.2, 0.25) is 0 Å². The average Bonchev–Trinajstić information content (AvgIpc) is 3.53. The molecule has 1 N–H and O–H groups in total. The van der Waals surface area contributed by atoms with Crippen LogP contribution in [0.3, 0.4) is 0 Å². The number of morpholine rings is 1. The number of rotatable bonds is 3. The van der Waals surface area contributed by atoms with Crippen molar-refractivity contribution in [3.05, 3.63) is 12.3 Å². The number of nitrogens with zero attached hydrogens (tertiary/aromatic N) is 5. The van der Waals surface area contributed by atoms with Gasteiger partial charge in [0.25, 0.3) is 0 Å². The van der Waals surface area contributed by atoms with Crippen LogP contribution in [-0.2, 0) is 4.74 Å². The van der Waals surface area contributed by atoms with Gasteiger partial charge in [-0.05, 0) is 37.7 Å². The van der Waals surface area contributed by atoms with Crippen LogP contribution in [0.1, 0.15) is 25.7 Å². The lowest BCUT2D eigenvalue weighted by molar-refractivity contribution is -0.0604. The zero-order valence-electron chi connectivity index (χ0n) is 15.3. The first kappa shape index (κ1) is 16.7. The third kappa shape index (κ3) is 3.28. The minimum absolute atomic E-state index is 0.161. The monoisotopic (exact) mass is 359 g/mol. The smallest absolute Gasteiger partial charge is 0.227 e. The molecule has 1 aliphatic carbocycles. The number of aromatic nitrogens is 2. The van der Waals surface area contributed by atoms with Crippen LogP contribution in [0.5, 0.6) is 0 Å². The Bertz CT molecular complexity index is 632. The van der Waals surface area contributed by atoms with Gasteiger partial charge in [0.2, 0.25) is 5.95 Å². The second-order valence-corrected chi connectivity index (χ2v) is 8.21. The van der Waals surface area contributed by atoms with Gasteiger partial charge in [-0.3, -0.25) is 4.90 Å². The average molecular weight is 359 g/mol. The van der Waals surface area contributed by atoms with E-state index in [-0.39, 0.29) is 6.10 Å². The van der Waals surface area contributed by atoms with Gasteiger partial charge in [-0.1, -0.05) is 0 Å². The highest BCUT2D eigenvalue weighted by molar-refractivity contribution is 5.44. The number of hydrogen-bond donors (Lipinski definition) is 1. The maximum atomic E-state index is 9.72. The van der Waals surface area contributed by atoms with E-state index in [1.807, 2.05) is 12.3 Å². The number of aliphatic hydroxyl groups excluding tert-OH is 1. The van der Waals surface area contributed by atoms with Crippen molar-refractivity contribution < 1.29 is 9.84 Å². The fraction of sp³-hybridized carbons (Fsp3) is 0.789. The van der Waals surface area contributed by atoms with Crippen molar-refractivity contribution in [2.75, 3.05) is 55.7 Å². The number of piperazine rings is 1. The van der Waals surface area contributed by atoms with E-state index in [1.165, 1.54) is 12.8 Å². The van der Waals surface area contributed by atoms with E-state index in [0.717, 1.165) is 76.5 Å². The van der Waals surface area contributed by atoms with Crippen molar-refractivity contribution in [1.82, 2.24) is 14.9 Å². The van der Waals surface area contributed by atoms with E-state index < -0.39 is 0 Å². The minimum atomic E-state index is -0.161. The molecule has 1 aromatic rings. The highest BCUT2D eigenvalue weighted by atomic mass is 16.5. The third-order valence-electron chi connectivity index (χ3n) is 6.42. The molecular formula is C19H29N5O2. The Labute approximate surface area is 155 Å². The molecule has 4 aliphatic rings. The molecular weight excluding hydrogens is 330 g/mol. The van der Waals surface area contributed by atoms with Gasteiger partial charge in [0, 0.05) is 45.0 Å². The molecule has 3 saturated heterocycles. The van der Waals surface area contributed by atoms with Crippen molar-refractivity contribution in [1.29, 1.82) is 0 Å². The van der Waals surface area contributed by atoms with Gasteiger partial charge >= 0.3 is 0 Å². The van der Waals surface area contributed by atoms with Crippen molar-refractivity contribution >= 4 is 11.8 Å². The van der Waals surface area contributed by atoms with Crippen LogP contribution in [0.25, 0.3) is 0 Å². The Kier molecular flexibility index (Phi) is 4.46. The lowest BCUT2D eigenvalue weighted by atomic mass is 10.0. The summed E-state index contributed by atoms with van der Waals surface area (Å²) < 4.78 is 5.92. The van der Waals surface area contributed by atoms with Crippen molar-refractivity contribution in [3.63, 3.8) is 0 Å². The van der Waals surface area contributed by atoms with E-state index >= 15 is 0 Å². The van der Waals surface area contributed by atoms with Crippen LogP contribution in [0.4, 0.5) is 11.8 Å². The molecule has 26 heavy (non-hydrogen) atoms. The van der Waals surface area contributed by atoms with Gasteiger partial charge in [0.1, 0.15) is 5.82 Å². The fourth-order valence-corrected chi connectivity index (χ4v) is 4.71. The molecule has 0 aromatic carbocycles. The number of hydrogen-bond acceptors (Lipinski definition) is 7. The Morgan fingerprint density at radius 2 is 1.85 bits per heavy atom. The number of anilines is 2. The number of fused-ring (bicyclic) bond motifs is 1. The van der Waals surface area contributed by atoms with Crippen molar-refractivity contribution in [2.24, 2.45) is 5.92 Å². The molecule has 4 fully saturated rings. The second kappa shape index (κ2) is 6.94. The summed E-state index contributed by atoms with van der Waals surface area (Å²) in [7, 11) is 0. The van der Waals surface area contributed by atoms with Crippen LogP contribution in [0.15, 0.2) is 12.3 Å². The maximum absolute atomic E-state index is 9.72. The largest absolute Gasteiger partial charge is 0.393 e. The molecule has 4 heterocycles. The molecule has 0 spiro atoms. The van der Waals surface area contributed by atoms with Crippen LogP contribution >= 0.6 is 0 Å². The summed E-state index contributed by atoms with van der Waals surface area (Å²) in [6, 6.07) is 3.08. The van der Waals surface area contributed by atoms with E-state index in [0.29, 0.717) is 12.1 Å². The number of ether oxygens (including phenoxy) is 1. The minimum Gasteiger partial charge on any atom is -0.393 e. The maximum Gasteiger partial charge on any atom is 0.227 e. The van der Waals surface area contributed by atoms with Crippen molar-refractivity contribution in [3.8, 4) is 0 Å². The molecule has 1 aromatic heterocycles. The molecule has 2 atom stereocenters. The summed E-state index contributed by atoms with van der Waals surface area (Å²) in [5.74, 6) is 2.68. The number of aliphatic hydroxyl groups is 1. The van der Waals surface area contributed by atoms with Gasteiger partial charge in [0.05, 0.1) is 25.4 Å². The first-order chi connectivity index (χ1) is 12.8. The Hall–Kier alpha value is -1.44. The zero-order chi connectivity index (χ0) is 17.5. The van der Waals surface area contributed by atoms with E-state index in [2.05, 4.69) is 19.7 Å². The lowest BCUT2D eigenvalue weighted by Gasteiger charge is -2.48. The summed E-state index contributed by atoms with van der Waals surface area (Å²) in [5, 5.41) is 9.72. The van der Waals surface area contributed by atoms with Crippen LogP contribution < -0.4 is 9.80 Å². The SMILES string of the molecule is OC1CCN(c2ccnc(N3CCN4[C@@H](COC[C@@H]4C4CC4)C3)n2)CC1. The first-order valence-electron chi connectivity index (χ1n) is 10.1. The Balaban J connectivity index is 1.28. The summed E-state index contributed by atoms with van der Waals surface area (Å²) in [6.45, 7) is 6.49. The summed E-state index contributed by atoms with van der Waals surface area (Å²) in [6.07, 6.45) is 6.10. The molecule has 7 heteroatoms. The molecule has 3 aliphatic heterocycles. The highest BCUT2D eigenvalue weighted by Gasteiger charge is 2.43. The topological polar surface area (TPSA) is 65.0 Å². The molecule has 7 nitrogen and oxygen atoms in total. The van der Waals surface area contributed by atoms with Gasteiger partial charge < -0.3 is 19.6 Å². The molecule has 0 unspecified atom stereocenters. The predicted molar refractivity (Wildman–Crippen MR) is 99.5 cm³/mol. The van der Waals surface area contributed by atoms with E-state index in [9.17, 15) is 5.11 Å². The normalized spacial score (nSPS) is 31.1. The molecule has 142 valence electrons. The van der Waals surface area contributed by atoms with E-state index in [4.69, 9.17) is 9.72 Å².